The number of carbonyl (C=O) groups is 2. The Hall–Kier alpha value is -3.90. The molecular weight excluding hydrogens is 502 g/mol. The molecule has 0 radical (unpaired) electrons. The highest BCUT2D eigenvalue weighted by Gasteiger charge is 2.48. The van der Waals surface area contributed by atoms with Crippen LogP contribution in [0.1, 0.15) is 45.2 Å². The Kier molecular flexibility index (Phi) is 6.07. The smallest absolute Gasteiger partial charge is 0.262 e. The van der Waals surface area contributed by atoms with Crippen molar-refractivity contribution in [2.24, 2.45) is 11.5 Å². The second-order valence-electron chi connectivity index (χ2n) is 9.61. The van der Waals surface area contributed by atoms with E-state index in [4.69, 9.17) is 21.9 Å². The first-order valence-electron chi connectivity index (χ1n) is 12.4. The summed E-state index contributed by atoms with van der Waals surface area (Å²) < 4.78 is 6.43. The number of nitrogens with one attached hydrogen (secondary N) is 2. The monoisotopic (exact) mass is 529 g/mol. The topological polar surface area (TPSA) is 171 Å². The van der Waals surface area contributed by atoms with E-state index in [0.717, 1.165) is 19.4 Å². The zero-order chi connectivity index (χ0) is 26.4. The molecule has 4 aromatic rings. The fourth-order valence-electron chi connectivity index (χ4n) is 5.32. The van der Waals surface area contributed by atoms with E-state index in [1.54, 1.807) is 54.7 Å². The molecule has 1 saturated heterocycles. The number of thiophene rings is 1. The normalized spacial score (nSPS) is 22.8. The number of nitrogens with two attached hydrogens (primary N) is 3. The lowest BCUT2D eigenvalue weighted by Gasteiger charge is -2.36. The van der Waals surface area contributed by atoms with Gasteiger partial charge >= 0.3 is 0 Å². The van der Waals surface area contributed by atoms with Crippen molar-refractivity contribution in [3.8, 4) is 11.6 Å². The highest BCUT2D eigenvalue weighted by molar-refractivity contribution is 7.21. The van der Waals surface area contributed by atoms with Gasteiger partial charge in [-0.3, -0.25) is 9.59 Å². The number of Topliss-reactive ketones (excluding diaryl/α,β-unsaturated/α-hetero) is 1. The Morgan fingerprint density at radius 1 is 1.18 bits per heavy atom. The molecule has 1 fully saturated rings. The van der Waals surface area contributed by atoms with Crippen molar-refractivity contribution in [2.75, 3.05) is 18.8 Å². The molecule has 2 aromatic heterocycles. The van der Waals surface area contributed by atoms with E-state index >= 15 is 0 Å². The molecule has 38 heavy (non-hydrogen) atoms. The first kappa shape index (κ1) is 24.4. The number of carbonyl (C=O) groups excluding carboxylic acids is 2. The number of anilines is 1. The van der Waals surface area contributed by atoms with E-state index < -0.39 is 17.4 Å². The van der Waals surface area contributed by atoms with Crippen LogP contribution in [0, 0.1) is 0 Å². The molecule has 1 amide bonds. The van der Waals surface area contributed by atoms with E-state index in [-0.39, 0.29) is 11.9 Å². The van der Waals surface area contributed by atoms with Crippen molar-refractivity contribution in [3.63, 3.8) is 0 Å². The summed E-state index contributed by atoms with van der Waals surface area (Å²) in [5.41, 5.74) is 20.4. The Bertz CT molecular complexity index is 1530. The number of aromatic nitrogens is 2. The van der Waals surface area contributed by atoms with E-state index in [1.807, 2.05) is 0 Å². The van der Waals surface area contributed by atoms with Crippen molar-refractivity contribution in [1.82, 2.24) is 20.8 Å². The number of rotatable bonds is 5. The van der Waals surface area contributed by atoms with Gasteiger partial charge in [-0.05, 0) is 54.8 Å². The third-order valence-corrected chi connectivity index (χ3v) is 8.48. The molecule has 10 nitrogen and oxygen atoms in total. The van der Waals surface area contributed by atoms with Crippen molar-refractivity contribution in [2.45, 2.75) is 30.5 Å². The van der Waals surface area contributed by atoms with Gasteiger partial charge in [-0.25, -0.2) is 0 Å². The van der Waals surface area contributed by atoms with Crippen molar-refractivity contribution in [3.05, 3.63) is 76.3 Å². The molecule has 1 aliphatic carbocycles. The number of ether oxygens (including phenoxy) is 1. The lowest BCUT2D eigenvalue weighted by molar-refractivity contribution is -0.124. The third-order valence-electron chi connectivity index (χ3n) is 7.23. The van der Waals surface area contributed by atoms with Crippen LogP contribution in [0.25, 0.3) is 10.1 Å². The number of benzene rings is 2. The maximum atomic E-state index is 13.9. The molecule has 8 N–H and O–H groups in total. The molecule has 0 bridgehead atoms. The van der Waals surface area contributed by atoms with Crippen molar-refractivity contribution in [1.29, 1.82) is 0 Å². The second kappa shape index (κ2) is 9.44. The van der Waals surface area contributed by atoms with Gasteiger partial charge in [0.2, 0.25) is 5.88 Å². The SMILES string of the molecule is Nc1ccc2c3c(c(C(=O)NC4CCCNC4)sc13)C(N)C(=O)C2(N)c1ccc(Oc2cccnn2)cc1. The maximum Gasteiger partial charge on any atom is 0.262 e. The molecule has 194 valence electrons. The summed E-state index contributed by atoms with van der Waals surface area (Å²) >= 11 is 1.25. The minimum Gasteiger partial charge on any atom is -0.438 e. The molecule has 3 unspecified atom stereocenters. The quantitative estimate of drug-likeness (QED) is 0.243. The zero-order valence-corrected chi connectivity index (χ0v) is 21.3. The number of hydrogen-bond acceptors (Lipinski definition) is 10. The van der Waals surface area contributed by atoms with Crippen LogP contribution in [0.4, 0.5) is 5.69 Å². The lowest BCUT2D eigenvalue weighted by Crippen LogP contribution is -2.52. The Labute approximate surface area is 222 Å². The van der Waals surface area contributed by atoms with Crippen LogP contribution in [0.5, 0.6) is 11.6 Å². The predicted molar refractivity (Wildman–Crippen MR) is 145 cm³/mol. The third kappa shape index (κ3) is 3.91. The van der Waals surface area contributed by atoms with Gasteiger partial charge in [-0.1, -0.05) is 18.2 Å². The molecule has 1 aliphatic heterocycles. The summed E-state index contributed by atoms with van der Waals surface area (Å²) in [5.74, 6) is 0.209. The Balaban J connectivity index is 1.41. The van der Waals surface area contributed by atoms with E-state index in [2.05, 4.69) is 20.8 Å². The van der Waals surface area contributed by atoms with Crippen LogP contribution >= 0.6 is 11.3 Å². The molecule has 0 saturated carbocycles. The maximum absolute atomic E-state index is 13.9. The Morgan fingerprint density at radius 2 is 2.00 bits per heavy atom. The minimum absolute atomic E-state index is 0.0113. The Morgan fingerprint density at radius 3 is 2.71 bits per heavy atom. The van der Waals surface area contributed by atoms with Crippen LogP contribution < -0.4 is 32.6 Å². The first-order chi connectivity index (χ1) is 18.4. The van der Waals surface area contributed by atoms with Gasteiger partial charge in [0.05, 0.1) is 15.6 Å². The predicted octanol–water partition coefficient (Wildman–Crippen LogP) is 2.33. The van der Waals surface area contributed by atoms with Crippen molar-refractivity contribution >= 4 is 38.8 Å². The number of piperidine rings is 1. The van der Waals surface area contributed by atoms with E-state index in [9.17, 15) is 9.59 Å². The zero-order valence-electron chi connectivity index (χ0n) is 20.4. The fourth-order valence-corrected chi connectivity index (χ4v) is 6.52. The van der Waals surface area contributed by atoms with E-state index in [0.29, 0.717) is 55.5 Å². The largest absolute Gasteiger partial charge is 0.438 e. The second-order valence-corrected chi connectivity index (χ2v) is 10.6. The molecule has 6 rings (SSSR count). The van der Waals surface area contributed by atoms with Crippen LogP contribution in [-0.4, -0.2) is 41.0 Å². The van der Waals surface area contributed by atoms with Crippen LogP contribution in [-0.2, 0) is 10.3 Å². The number of hydrogen-bond donors (Lipinski definition) is 5. The van der Waals surface area contributed by atoms with Crippen LogP contribution in [0.15, 0.2) is 54.7 Å². The van der Waals surface area contributed by atoms with Gasteiger partial charge in [0.15, 0.2) is 5.78 Å². The summed E-state index contributed by atoms with van der Waals surface area (Å²) in [4.78, 5) is 27.7. The molecule has 2 aromatic carbocycles. The van der Waals surface area contributed by atoms with Gasteiger partial charge in [0, 0.05) is 41.5 Å². The molecule has 3 atom stereocenters. The number of nitrogens with zero attached hydrogens (tertiary/aromatic N) is 2. The van der Waals surface area contributed by atoms with Gasteiger partial charge < -0.3 is 32.6 Å². The molecule has 2 aliphatic rings. The van der Waals surface area contributed by atoms with Gasteiger partial charge in [-0.15, -0.1) is 16.4 Å². The standard InChI is InChI=1S/C27H27N7O3S/c28-18-10-9-17-20-21(24(38-23(18)20)26(36)33-15-3-1-11-31-13-15)22(29)25(35)27(17,30)14-5-7-16(8-6-14)37-19-4-2-12-32-34-19/h2,4-10,12,15,22,31H,1,3,11,13,28-30H2,(H,33,36). The highest BCUT2D eigenvalue weighted by Crippen LogP contribution is 2.49. The molecule has 11 heteroatoms. The van der Waals surface area contributed by atoms with Crippen molar-refractivity contribution < 1.29 is 14.3 Å². The van der Waals surface area contributed by atoms with Gasteiger partial charge in [-0.2, -0.15) is 5.10 Å². The summed E-state index contributed by atoms with van der Waals surface area (Å²) in [5, 5.41) is 14.8. The van der Waals surface area contributed by atoms with Gasteiger partial charge in [0.25, 0.3) is 5.91 Å². The first-order valence-corrected chi connectivity index (χ1v) is 13.2. The van der Waals surface area contributed by atoms with Crippen LogP contribution in [0.3, 0.4) is 0 Å². The number of amides is 1. The summed E-state index contributed by atoms with van der Waals surface area (Å²) in [6, 6.07) is 12.7. The molecular formula is C27H27N7O3S. The van der Waals surface area contributed by atoms with Gasteiger partial charge in [0.1, 0.15) is 11.3 Å². The number of nitrogen functional groups attached to an aromatic ring is 1. The van der Waals surface area contributed by atoms with Crippen LogP contribution in [0.2, 0.25) is 0 Å². The fraction of sp³-hybridized carbons (Fsp3) is 0.259. The summed E-state index contributed by atoms with van der Waals surface area (Å²) in [7, 11) is 0. The summed E-state index contributed by atoms with van der Waals surface area (Å²) in [6.07, 6.45) is 3.43. The molecule has 3 heterocycles. The lowest BCUT2D eigenvalue weighted by atomic mass is 9.70. The average Bonchev–Trinajstić information content (AvgIpc) is 3.35. The minimum atomic E-state index is -1.54. The average molecular weight is 530 g/mol. The highest BCUT2D eigenvalue weighted by atomic mass is 32.1. The molecule has 0 spiro atoms. The number of ketones is 1. The summed E-state index contributed by atoms with van der Waals surface area (Å²) in [6.45, 7) is 1.64. The van der Waals surface area contributed by atoms with E-state index in [1.165, 1.54) is 11.3 Å².